The Morgan fingerprint density at radius 1 is 1.23 bits per heavy atom. The lowest BCUT2D eigenvalue weighted by Crippen LogP contribution is -2.69. The van der Waals surface area contributed by atoms with Crippen LogP contribution in [0.1, 0.15) is 36.0 Å². The van der Waals surface area contributed by atoms with Gasteiger partial charge in [0.15, 0.2) is 6.61 Å². The van der Waals surface area contributed by atoms with Crippen molar-refractivity contribution in [2.24, 2.45) is 0 Å². The predicted octanol–water partition coefficient (Wildman–Crippen LogP) is 0.844. The van der Waals surface area contributed by atoms with Crippen LogP contribution in [0.2, 0.25) is 0 Å². The van der Waals surface area contributed by atoms with Crippen LogP contribution in [0.15, 0.2) is 24.3 Å². The molecule has 1 saturated heterocycles. The fourth-order valence-electron chi connectivity index (χ4n) is 3.81. The van der Waals surface area contributed by atoms with Gasteiger partial charge in [0.25, 0.3) is 5.91 Å². The Balaban J connectivity index is 1.81. The number of nitrogens with zero attached hydrogens (tertiary/aromatic N) is 2. The third-order valence-corrected chi connectivity index (χ3v) is 5.09. The zero-order valence-corrected chi connectivity index (χ0v) is 14.3. The van der Waals surface area contributed by atoms with Gasteiger partial charge in [-0.1, -0.05) is 12.1 Å². The first-order chi connectivity index (χ1) is 12.5. The van der Waals surface area contributed by atoms with E-state index in [1.807, 2.05) is 0 Å². The molecule has 0 bridgehead atoms. The molecule has 1 saturated carbocycles. The smallest absolute Gasteiger partial charge is 0.354 e. The molecule has 2 aliphatic heterocycles. The maximum Gasteiger partial charge on any atom is 0.354 e. The molecule has 2 heterocycles. The van der Waals surface area contributed by atoms with Crippen LogP contribution in [-0.4, -0.2) is 54.1 Å². The summed E-state index contributed by atoms with van der Waals surface area (Å²) in [6.45, 7) is -0.562. The number of carbonyl (C=O) groups is 4. The van der Waals surface area contributed by atoms with Crippen molar-refractivity contribution in [1.29, 1.82) is 0 Å². The number of esters is 2. The second-order valence-electron chi connectivity index (χ2n) is 6.62. The molecular formula is C18H18N2O6. The lowest BCUT2D eigenvalue weighted by molar-refractivity contribution is -0.165. The predicted molar refractivity (Wildman–Crippen MR) is 88.1 cm³/mol. The van der Waals surface area contributed by atoms with Gasteiger partial charge >= 0.3 is 11.9 Å². The lowest BCUT2D eigenvalue weighted by Gasteiger charge is -2.48. The van der Waals surface area contributed by atoms with Crippen LogP contribution in [0.25, 0.3) is 0 Å². The molecule has 1 aromatic carbocycles. The van der Waals surface area contributed by atoms with E-state index < -0.39 is 24.2 Å². The Kier molecular flexibility index (Phi) is 3.71. The zero-order valence-electron chi connectivity index (χ0n) is 14.3. The number of benzene rings is 1. The molecule has 26 heavy (non-hydrogen) atoms. The van der Waals surface area contributed by atoms with E-state index in [1.54, 1.807) is 24.3 Å². The number of hydrogen-bond donors (Lipinski definition) is 0. The highest BCUT2D eigenvalue weighted by Gasteiger charge is 2.64. The van der Waals surface area contributed by atoms with Crippen molar-refractivity contribution in [3.05, 3.63) is 29.8 Å². The highest BCUT2D eigenvalue weighted by atomic mass is 16.6. The van der Waals surface area contributed by atoms with E-state index >= 15 is 0 Å². The minimum atomic E-state index is -1.53. The van der Waals surface area contributed by atoms with Crippen molar-refractivity contribution in [3.63, 3.8) is 0 Å². The molecule has 4 rings (SSSR count). The fraction of sp³-hybridized carbons (Fsp3) is 0.444. The zero-order chi connectivity index (χ0) is 18.5. The average Bonchev–Trinajstić information content (AvgIpc) is 3.42. The monoisotopic (exact) mass is 358 g/mol. The molecule has 0 radical (unpaired) electrons. The van der Waals surface area contributed by atoms with Crippen LogP contribution < -0.4 is 4.90 Å². The van der Waals surface area contributed by atoms with Crippen LogP contribution in [0.3, 0.4) is 0 Å². The second-order valence-corrected chi connectivity index (χ2v) is 6.62. The van der Waals surface area contributed by atoms with Crippen molar-refractivity contribution >= 4 is 29.4 Å². The van der Waals surface area contributed by atoms with Gasteiger partial charge in [-0.05, 0) is 25.0 Å². The van der Waals surface area contributed by atoms with Gasteiger partial charge < -0.3 is 14.4 Å². The Morgan fingerprint density at radius 2 is 1.96 bits per heavy atom. The van der Waals surface area contributed by atoms with Crippen molar-refractivity contribution in [3.8, 4) is 0 Å². The van der Waals surface area contributed by atoms with Gasteiger partial charge in [-0.2, -0.15) is 0 Å². The first kappa shape index (κ1) is 16.6. The van der Waals surface area contributed by atoms with Gasteiger partial charge in [-0.25, -0.2) is 9.59 Å². The molecule has 1 unspecified atom stereocenters. The molecule has 136 valence electrons. The van der Waals surface area contributed by atoms with E-state index in [2.05, 4.69) is 4.74 Å². The molecule has 8 heteroatoms. The molecular weight excluding hydrogens is 340 g/mol. The third-order valence-electron chi connectivity index (χ3n) is 5.09. The largest absolute Gasteiger partial charge is 0.466 e. The van der Waals surface area contributed by atoms with E-state index in [-0.39, 0.29) is 30.7 Å². The Bertz CT molecular complexity index is 818. The summed E-state index contributed by atoms with van der Waals surface area (Å²) in [5, 5.41) is 0. The van der Waals surface area contributed by atoms with Gasteiger partial charge in [0.05, 0.1) is 18.4 Å². The number of carbonyl (C=O) groups excluding carboxylic acids is 4. The average molecular weight is 358 g/mol. The number of para-hydroxylation sites is 1. The van der Waals surface area contributed by atoms with Crippen LogP contribution in [0.5, 0.6) is 0 Å². The summed E-state index contributed by atoms with van der Waals surface area (Å²) in [5.41, 5.74) is -0.726. The minimum absolute atomic E-state index is 0.116. The van der Waals surface area contributed by atoms with E-state index in [1.165, 1.54) is 16.9 Å². The van der Waals surface area contributed by atoms with Crippen LogP contribution in [-0.2, 0) is 23.9 Å². The van der Waals surface area contributed by atoms with Crippen molar-refractivity contribution in [1.82, 2.24) is 4.90 Å². The van der Waals surface area contributed by atoms with Gasteiger partial charge in [0.2, 0.25) is 11.6 Å². The summed E-state index contributed by atoms with van der Waals surface area (Å²) >= 11 is 0. The Morgan fingerprint density at radius 3 is 2.65 bits per heavy atom. The number of methoxy groups -OCH3 is 1. The van der Waals surface area contributed by atoms with Gasteiger partial charge in [-0.15, -0.1) is 0 Å². The summed E-state index contributed by atoms with van der Waals surface area (Å²) < 4.78 is 9.66. The maximum atomic E-state index is 13.1. The molecule has 1 atom stereocenters. The topological polar surface area (TPSA) is 93.2 Å². The van der Waals surface area contributed by atoms with Crippen LogP contribution >= 0.6 is 0 Å². The number of ether oxygens (including phenoxy) is 2. The molecule has 2 fully saturated rings. The highest BCUT2D eigenvalue weighted by molar-refractivity contribution is 6.15. The van der Waals surface area contributed by atoms with Gasteiger partial charge in [-0.3, -0.25) is 14.5 Å². The van der Waals surface area contributed by atoms with Gasteiger partial charge in [0, 0.05) is 18.9 Å². The highest BCUT2D eigenvalue weighted by Crippen LogP contribution is 2.49. The number of anilines is 1. The van der Waals surface area contributed by atoms with E-state index in [0.717, 1.165) is 12.8 Å². The molecule has 8 nitrogen and oxygen atoms in total. The molecule has 0 spiro atoms. The quantitative estimate of drug-likeness (QED) is 0.741. The first-order valence-corrected chi connectivity index (χ1v) is 8.50. The lowest BCUT2D eigenvalue weighted by atomic mass is 9.96. The Hall–Kier alpha value is -2.90. The third kappa shape index (κ3) is 2.21. The number of amides is 2. The van der Waals surface area contributed by atoms with E-state index in [0.29, 0.717) is 11.3 Å². The van der Waals surface area contributed by atoms with Gasteiger partial charge in [0.1, 0.15) is 0 Å². The SMILES string of the molecule is COC(=O)COC(=O)C12CCC(=O)N1c1ccccc1C(=O)N2C1CC1. The fourth-order valence-corrected chi connectivity index (χ4v) is 3.81. The standard InChI is InChI=1S/C18H18N2O6/c1-25-15(22)10-26-17(24)18-9-8-14(21)20(18)13-5-3-2-4-12(13)16(23)19(18)11-6-7-11/h2-5,11H,6-10H2,1H3. The molecule has 0 aromatic heterocycles. The minimum Gasteiger partial charge on any atom is -0.466 e. The van der Waals surface area contributed by atoms with Crippen molar-refractivity contribution in [2.75, 3.05) is 18.6 Å². The van der Waals surface area contributed by atoms with E-state index in [9.17, 15) is 19.2 Å². The molecule has 1 aromatic rings. The second kappa shape index (κ2) is 5.82. The summed E-state index contributed by atoms with van der Waals surface area (Å²) in [4.78, 5) is 53.1. The van der Waals surface area contributed by atoms with Crippen LogP contribution in [0, 0.1) is 0 Å². The van der Waals surface area contributed by atoms with Crippen LogP contribution in [0.4, 0.5) is 5.69 Å². The first-order valence-electron chi connectivity index (χ1n) is 8.50. The van der Waals surface area contributed by atoms with Crippen molar-refractivity contribution < 1.29 is 28.7 Å². The summed E-state index contributed by atoms with van der Waals surface area (Å²) in [6, 6.07) is 6.64. The Labute approximate surface area is 149 Å². The number of hydrogen-bond acceptors (Lipinski definition) is 6. The molecule has 0 N–H and O–H groups in total. The summed E-state index contributed by atoms with van der Waals surface area (Å²) in [6.07, 6.45) is 1.80. The summed E-state index contributed by atoms with van der Waals surface area (Å²) in [5.74, 6) is -2.01. The number of rotatable bonds is 4. The maximum absolute atomic E-state index is 13.1. The normalized spacial score (nSPS) is 24.2. The molecule has 1 aliphatic carbocycles. The van der Waals surface area contributed by atoms with Crippen molar-refractivity contribution in [2.45, 2.75) is 37.4 Å². The number of fused-ring (bicyclic) bond motifs is 3. The molecule has 2 amide bonds. The van der Waals surface area contributed by atoms with E-state index in [4.69, 9.17) is 4.74 Å². The summed E-state index contributed by atoms with van der Waals surface area (Å²) in [7, 11) is 1.19. The molecule has 3 aliphatic rings.